The van der Waals surface area contributed by atoms with Crippen molar-refractivity contribution >= 4 is 62.4 Å². The number of imidazole rings is 1. The number of carbonyl (C=O) groups is 2. The van der Waals surface area contributed by atoms with Crippen LogP contribution < -0.4 is 11.1 Å². The molecular weight excluding hydrogens is 476 g/mol. The molecule has 2 amide bonds. The quantitative estimate of drug-likeness (QED) is 0.391. The van der Waals surface area contributed by atoms with Crippen LogP contribution in [-0.4, -0.2) is 99.5 Å². The fraction of sp³-hybridized carbons (Fsp3) is 0.455. The Morgan fingerprint density at radius 2 is 1.87 bits per heavy atom. The molecular formula is C22H20B5N9O2. The van der Waals surface area contributed by atoms with Crippen molar-refractivity contribution in [3.63, 3.8) is 0 Å². The van der Waals surface area contributed by atoms with E-state index in [2.05, 4.69) is 26.6 Å². The van der Waals surface area contributed by atoms with Gasteiger partial charge in [0.05, 0.1) is 57.3 Å². The van der Waals surface area contributed by atoms with E-state index in [4.69, 9.17) is 45.0 Å². The molecule has 3 aromatic heterocycles. The number of aryl methyl sites for hydroxylation is 1. The smallest absolute Gasteiger partial charge is 0.252 e. The summed E-state index contributed by atoms with van der Waals surface area (Å²) in [6, 6.07) is 1.41. The Bertz CT molecular complexity index is 1480. The average Bonchev–Trinajstić information content (AvgIpc) is 3.15. The molecule has 0 bridgehead atoms. The van der Waals surface area contributed by atoms with E-state index in [0.717, 1.165) is 5.56 Å². The third-order valence-corrected chi connectivity index (χ3v) is 7.43. The number of carbonyl (C=O) groups excluding carboxylic acids is 2. The van der Waals surface area contributed by atoms with Crippen molar-refractivity contribution in [2.75, 3.05) is 18.4 Å². The standard InChI is InChI=1S/C22H20B5N9O2/c1-34-6-11(4-30-34)14-9-36-18(33-14)16(12(5-31-36)17(29)37)32-15-8-35(19(38)20(10-28)2-3-20)7-13(15)21(23,24)22(25,26)27/h4-6,9,13,15,32H,2-3,7-8H2,1H3,(H2,29,37). The molecule has 1 saturated carbocycles. The van der Waals surface area contributed by atoms with Gasteiger partial charge in [-0.25, -0.2) is 9.50 Å². The molecule has 38 heavy (non-hydrogen) atoms. The molecule has 2 atom stereocenters. The molecule has 2 unspecified atom stereocenters. The lowest BCUT2D eigenvalue weighted by molar-refractivity contribution is -0.134. The second kappa shape index (κ2) is 8.71. The van der Waals surface area contributed by atoms with Crippen molar-refractivity contribution in [1.29, 1.82) is 5.26 Å². The van der Waals surface area contributed by atoms with Crippen LogP contribution in [0.25, 0.3) is 16.9 Å². The number of aromatic nitrogens is 5. The summed E-state index contributed by atoms with van der Waals surface area (Å²) in [6.45, 7) is 0.116. The zero-order chi connectivity index (χ0) is 27.6. The summed E-state index contributed by atoms with van der Waals surface area (Å²) in [5.74, 6) is -1.88. The summed E-state index contributed by atoms with van der Waals surface area (Å²) in [6.07, 6.45) is 7.34. The highest BCUT2D eigenvalue weighted by Gasteiger charge is 2.56. The molecule has 1 aliphatic heterocycles. The Kier molecular flexibility index (Phi) is 5.97. The molecule has 16 heteroatoms. The van der Waals surface area contributed by atoms with Crippen molar-refractivity contribution < 1.29 is 9.59 Å². The summed E-state index contributed by atoms with van der Waals surface area (Å²) in [5.41, 5.74) is 6.48. The van der Waals surface area contributed by atoms with Crippen LogP contribution in [0, 0.1) is 22.7 Å². The van der Waals surface area contributed by atoms with Crippen LogP contribution in [0.15, 0.2) is 24.8 Å². The molecule has 10 radical (unpaired) electrons. The summed E-state index contributed by atoms with van der Waals surface area (Å²) in [5, 5.41) is 17.4. The number of nitriles is 1. The Morgan fingerprint density at radius 3 is 2.42 bits per heavy atom. The Labute approximate surface area is 225 Å². The van der Waals surface area contributed by atoms with E-state index in [9.17, 15) is 14.9 Å². The second-order valence-corrected chi connectivity index (χ2v) is 10.2. The van der Waals surface area contributed by atoms with Gasteiger partial charge in [0, 0.05) is 61.5 Å². The molecule has 3 aromatic rings. The number of anilines is 1. The molecule has 2 fully saturated rings. The summed E-state index contributed by atoms with van der Waals surface area (Å²) >= 11 is 0. The first-order valence-electron chi connectivity index (χ1n) is 11.9. The predicted octanol–water partition coefficient (Wildman–Crippen LogP) is -1.20. The van der Waals surface area contributed by atoms with Gasteiger partial charge >= 0.3 is 0 Å². The number of primary amides is 1. The van der Waals surface area contributed by atoms with Crippen LogP contribution in [-0.2, 0) is 11.8 Å². The van der Waals surface area contributed by atoms with Crippen LogP contribution in [0.2, 0.25) is 10.3 Å². The van der Waals surface area contributed by atoms with Gasteiger partial charge in [0.15, 0.2) is 5.65 Å². The third-order valence-electron chi connectivity index (χ3n) is 7.43. The number of rotatable bonds is 7. The van der Waals surface area contributed by atoms with Gasteiger partial charge in [-0.05, 0) is 18.8 Å². The molecule has 1 aliphatic carbocycles. The number of nitrogens with two attached hydrogens (primary N) is 1. The summed E-state index contributed by atoms with van der Waals surface area (Å²) < 4.78 is 3.11. The van der Waals surface area contributed by atoms with Crippen molar-refractivity contribution in [3.05, 3.63) is 30.4 Å². The van der Waals surface area contributed by atoms with Crippen molar-refractivity contribution in [2.24, 2.45) is 24.1 Å². The minimum absolute atomic E-state index is 0.0307. The van der Waals surface area contributed by atoms with Gasteiger partial charge in [0.25, 0.3) is 5.91 Å². The van der Waals surface area contributed by atoms with Crippen molar-refractivity contribution in [2.45, 2.75) is 29.2 Å². The lowest BCUT2D eigenvalue weighted by atomic mass is 9.20. The number of fused-ring (bicyclic) bond motifs is 1. The Hall–Kier alpha value is -3.62. The first-order chi connectivity index (χ1) is 17.8. The van der Waals surface area contributed by atoms with E-state index >= 15 is 0 Å². The zero-order valence-electron chi connectivity index (χ0n) is 20.7. The number of likely N-dealkylation sites (tertiary alicyclic amines) is 1. The van der Waals surface area contributed by atoms with Crippen LogP contribution in [0.1, 0.15) is 23.2 Å². The lowest BCUT2D eigenvalue weighted by Crippen LogP contribution is -2.46. The molecule has 11 nitrogen and oxygen atoms in total. The minimum Gasteiger partial charge on any atom is -0.376 e. The molecule has 0 aromatic carbocycles. The fourth-order valence-electron chi connectivity index (χ4n) is 4.86. The lowest BCUT2D eigenvalue weighted by Gasteiger charge is -2.48. The molecule has 1 saturated heterocycles. The van der Waals surface area contributed by atoms with Gasteiger partial charge in [-0.3, -0.25) is 14.3 Å². The number of nitrogens with zero attached hydrogens (tertiary/aromatic N) is 7. The predicted molar refractivity (Wildman–Crippen MR) is 143 cm³/mol. The fourth-order valence-corrected chi connectivity index (χ4v) is 4.86. The summed E-state index contributed by atoms with van der Waals surface area (Å²) in [4.78, 5) is 31.8. The summed E-state index contributed by atoms with van der Waals surface area (Å²) in [7, 11) is 32.4. The number of amides is 2. The zero-order valence-corrected chi connectivity index (χ0v) is 20.7. The Morgan fingerprint density at radius 1 is 1.16 bits per heavy atom. The normalized spacial score (nSPS) is 20.8. The van der Waals surface area contributed by atoms with Crippen LogP contribution >= 0.6 is 0 Å². The SMILES string of the molecule is [B]C([B])([B])C([B])([B])C1CN(C(=O)C2(C#N)CC2)CC1Nc1c(C(N)=O)cnn2cc(-c3cnn(C)c3)nc12. The van der Waals surface area contributed by atoms with Gasteiger partial charge in [-0.2, -0.15) is 15.5 Å². The van der Waals surface area contributed by atoms with Crippen molar-refractivity contribution in [3.8, 4) is 17.3 Å². The van der Waals surface area contributed by atoms with E-state index in [1.165, 1.54) is 15.6 Å². The van der Waals surface area contributed by atoms with Crippen LogP contribution in [0.5, 0.6) is 0 Å². The molecule has 3 N–H and O–H groups in total. The molecule has 0 spiro atoms. The maximum Gasteiger partial charge on any atom is 0.252 e. The van der Waals surface area contributed by atoms with E-state index in [1.807, 2.05) is 0 Å². The van der Waals surface area contributed by atoms with E-state index in [1.54, 1.807) is 30.3 Å². The highest BCUT2D eigenvalue weighted by Crippen LogP contribution is 2.52. The highest BCUT2D eigenvalue weighted by molar-refractivity contribution is 6.67. The second-order valence-electron chi connectivity index (χ2n) is 10.2. The monoisotopic (exact) mass is 497 g/mol. The maximum absolute atomic E-state index is 13.2. The van der Waals surface area contributed by atoms with Gasteiger partial charge in [0.2, 0.25) is 5.91 Å². The van der Waals surface area contributed by atoms with Gasteiger partial charge in [-0.15, -0.1) is 10.3 Å². The van der Waals surface area contributed by atoms with Crippen molar-refractivity contribution in [1.82, 2.24) is 29.3 Å². The first kappa shape index (κ1) is 26.0. The molecule has 5 rings (SSSR count). The molecule has 180 valence electrons. The average molecular weight is 497 g/mol. The van der Waals surface area contributed by atoms with Gasteiger partial charge in [0.1, 0.15) is 5.41 Å². The van der Waals surface area contributed by atoms with E-state index in [-0.39, 0.29) is 30.2 Å². The first-order valence-corrected chi connectivity index (χ1v) is 11.9. The number of hydrogen-bond donors (Lipinski definition) is 2. The van der Waals surface area contributed by atoms with Crippen LogP contribution in [0.4, 0.5) is 5.69 Å². The van der Waals surface area contributed by atoms with Crippen LogP contribution in [0.3, 0.4) is 0 Å². The van der Waals surface area contributed by atoms with Gasteiger partial charge < -0.3 is 16.0 Å². The molecule has 2 aliphatic rings. The number of nitrogens with one attached hydrogen (secondary N) is 1. The number of hydrogen-bond acceptors (Lipinski definition) is 7. The molecule has 4 heterocycles. The van der Waals surface area contributed by atoms with Gasteiger partial charge in [-0.1, -0.05) is 0 Å². The van der Waals surface area contributed by atoms with E-state index < -0.39 is 33.6 Å². The van der Waals surface area contributed by atoms with E-state index in [0.29, 0.717) is 24.2 Å². The largest absolute Gasteiger partial charge is 0.376 e. The highest BCUT2D eigenvalue weighted by atomic mass is 16.2. The topological polar surface area (TPSA) is 147 Å². The minimum atomic E-state index is -2.02. The maximum atomic E-state index is 13.2. The Balaban J connectivity index is 1.57. The third kappa shape index (κ3) is 4.18.